The van der Waals surface area contributed by atoms with Crippen molar-refractivity contribution in [3.8, 4) is 0 Å². The number of nitrogens with zero attached hydrogens (tertiary/aromatic N) is 2. The van der Waals surface area contributed by atoms with E-state index in [4.69, 9.17) is 11.6 Å². The van der Waals surface area contributed by atoms with E-state index in [2.05, 4.69) is 10.3 Å². The molecule has 10 heteroatoms. The standard InChI is InChI=1S/C17H17ClF5N3O/c1-15(2,3)26-12-5-9(18)10(19)6-11(12)24-14(26)25-13(27)4-8-7-16(20,21)17(8,22)23/h5-6,8H,4,7H2,1-3H3,(H,24,25,27)/t8-/m0/s1. The van der Waals surface area contributed by atoms with Crippen molar-refractivity contribution in [2.45, 2.75) is 51.0 Å². The molecule has 1 aliphatic carbocycles. The minimum atomic E-state index is -4.22. The number of hydrogen-bond donors (Lipinski definition) is 1. The van der Waals surface area contributed by atoms with Crippen LogP contribution in [0.4, 0.5) is 27.9 Å². The van der Waals surface area contributed by atoms with Gasteiger partial charge in [0, 0.05) is 30.4 Å². The van der Waals surface area contributed by atoms with Crippen molar-refractivity contribution in [3.05, 3.63) is 23.0 Å². The maximum absolute atomic E-state index is 13.7. The lowest BCUT2D eigenvalue weighted by Crippen LogP contribution is -2.59. The fourth-order valence-corrected chi connectivity index (χ4v) is 3.33. The number of halogens is 6. The first-order valence-corrected chi connectivity index (χ1v) is 8.55. The van der Waals surface area contributed by atoms with Gasteiger partial charge in [0.05, 0.1) is 16.1 Å². The smallest absolute Gasteiger partial charge is 0.305 e. The summed E-state index contributed by atoms with van der Waals surface area (Å²) in [5, 5.41) is 2.24. The lowest BCUT2D eigenvalue weighted by atomic mass is 9.74. The molecule has 0 spiro atoms. The van der Waals surface area contributed by atoms with E-state index in [0.717, 1.165) is 6.07 Å². The molecular weight excluding hydrogens is 393 g/mol. The van der Waals surface area contributed by atoms with Crippen LogP contribution in [0.2, 0.25) is 5.02 Å². The van der Waals surface area contributed by atoms with Crippen LogP contribution >= 0.6 is 11.6 Å². The van der Waals surface area contributed by atoms with Crippen LogP contribution in [0.3, 0.4) is 0 Å². The fourth-order valence-electron chi connectivity index (χ4n) is 3.18. The average Bonchev–Trinajstić information content (AvgIpc) is 2.83. The number of alkyl halides is 4. The highest BCUT2D eigenvalue weighted by molar-refractivity contribution is 6.31. The van der Waals surface area contributed by atoms with Crippen LogP contribution in [0.15, 0.2) is 12.1 Å². The summed E-state index contributed by atoms with van der Waals surface area (Å²) in [5.41, 5.74) is 0.0266. The summed E-state index contributed by atoms with van der Waals surface area (Å²) in [6, 6.07) is 2.44. The average molecular weight is 410 g/mol. The Morgan fingerprint density at radius 1 is 1.33 bits per heavy atom. The van der Waals surface area contributed by atoms with Crippen molar-refractivity contribution >= 4 is 34.5 Å². The van der Waals surface area contributed by atoms with Gasteiger partial charge in [0.25, 0.3) is 0 Å². The second-order valence-electron chi connectivity index (χ2n) is 7.68. The van der Waals surface area contributed by atoms with Gasteiger partial charge in [0.2, 0.25) is 11.9 Å². The zero-order valence-corrected chi connectivity index (χ0v) is 15.5. The van der Waals surface area contributed by atoms with E-state index in [1.54, 1.807) is 25.3 Å². The third kappa shape index (κ3) is 3.26. The summed E-state index contributed by atoms with van der Waals surface area (Å²) in [6.45, 7) is 5.38. The molecule has 0 radical (unpaired) electrons. The second kappa shape index (κ2) is 6.05. The second-order valence-corrected chi connectivity index (χ2v) is 8.08. The quantitative estimate of drug-likeness (QED) is 0.708. The van der Waals surface area contributed by atoms with Gasteiger partial charge in [-0.15, -0.1) is 0 Å². The van der Waals surface area contributed by atoms with E-state index in [-0.39, 0.29) is 16.5 Å². The molecule has 0 bridgehead atoms. The Morgan fingerprint density at radius 3 is 2.48 bits per heavy atom. The molecule has 1 atom stereocenters. The highest BCUT2D eigenvalue weighted by Gasteiger charge is 2.71. The summed E-state index contributed by atoms with van der Waals surface area (Å²) >= 11 is 5.82. The highest BCUT2D eigenvalue weighted by Crippen LogP contribution is 2.56. The normalized spacial score (nSPS) is 21.1. The van der Waals surface area contributed by atoms with Gasteiger partial charge in [0.15, 0.2) is 0 Å². The number of carbonyl (C=O) groups excluding carboxylic acids is 1. The van der Waals surface area contributed by atoms with Gasteiger partial charge in [-0.3, -0.25) is 10.1 Å². The van der Waals surface area contributed by atoms with Gasteiger partial charge in [-0.05, 0) is 26.8 Å². The van der Waals surface area contributed by atoms with Crippen LogP contribution in [0.5, 0.6) is 0 Å². The van der Waals surface area contributed by atoms with Gasteiger partial charge in [0.1, 0.15) is 5.82 Å². The molecule has 2 aromatic rings. The lowest BCUT2D eigenvalue weighted by Gasteiger charge is -2.43. The minimum Gasteiger partial charge on any atom is -0.305 e. The molecule has 1 heterocycles. The Kier molecular flexibility index (Phi) is 4.45. The first-order chi connectivity index (χ1) is 12.2. The zero-order valence-electron chi connectivity index (χ0n) is 14.7. The molecular formula is C17H17ClF5N3O. The van der Waals surface area contributed by atoms with Gasteiger partial charge in [-0.25, -0.2) is 9.37 Å². The molecule has 3 rings (SSSR count). The molecule has 1 N–H and O–H groups in total. The maximum atomic E-state index is 13.7. The van der Waals surface area contributed by atoms with Crippen LogP contribution in [0.25, 0.3) is 11.0 Å². The van der Waals surface area contributed by atoms with Crippen molar-refractivity contribution in [1.82, 2.24) is 9.55 Å². The van der Waals surface area contributed by atoms with Crippen LogP contribution in [-0.2, 0) is 10.3 Å². The molecule has 1 amide bonds. The fraction of sp³-hybridized carbons (Fsp3) is 0.529. The van der Waals surface area contributed by atoms with E-state index in [1.165, 1.54) is 6.07 Å². The summed E-state index contributed by atoms with van der Waals surface area (Å²) < 4.78 is 67.9. The number of benzene rings is 1. The van der Waals surface area contributed by atoms with Crippen LogP contribution < -0.4 is 5.32 Å². The van der Waals surface area contributed by atoms with E-state index in [0.29, 0.717) is 5.52 Å². The zero-order chi connectivity index (χ0) is 20.4. The minimum absolute atomic E-state index is 0.00133. The van der Waals surface area contributed by atoms with Gasteiger partial charge < -0.3 is 4.57 Å². The van der Waals surface area contributed by atoms with Crippen LogP contribution in [0, 0.1) is 11.7 Å². The van der Waals surface area contributed by atoms with Crippen molar-refractivity contribution in [1.29, 1.82) is 0 Å². The van der Waals surface area contributed by atoms with Crippen LogP contribution in [0.1, 0.15) is 33.6 Å². The molecule has 1 saturated carbocycles. The lowest BCUT2D eigenvalue weighted by molar-refractivity contribution is -0.313. The largest absolute Gasteiger partial charge is 0.313 e. The Labute approximate surface area is 156 Å². The van der Waals surface area contributed by atoms with Crippen molar-refractivity contribution in [2.75, 3.05) is 5.32 Å². The van der Waals surface area contributed by atoms with Crippen molar-refractivity contribution in [2.24, 2.45) is 5.92 Å². The highest BCUT2D eigenvalue weighted by atomic mass is 35.5. The number of fused-ring (bicyclic) bond motifs is 1. The van der Waals surface area contributed by atoms with Crippen molar-refractivity contribution in [3.63, 3.8) is 0 Å². The molecule has 1 fully saturated rings. The molecule has 0 aliphatic heterocycles. The Morgan fingerprint density at radius 2 is 1.96 bits per heavy atom. The van der Waals surface area contributed by atoms with Gasteiger partial charge in [-0.2, -0.15) is 17.6 Å². The predicted octanol–water partition coefficient (Wildman–Crippen LogP) is 5.20. The summed E-state index contributed by atoms with van der Waals surface area (Å²) in [4.78, 5) is 16.3. The first-order valence-electron chi connectivity index (χ1n) is 8.17. The maximum Gasteiger partial charge on any atom is 0.313 e. The number of rotatable bonds is 3. The van der Waals surface area contributed by atoms with E-state index < -0.39 is 47.9 Å². The summed E-state index contributed by atoms with van der Waals surface area (Å²) in [5.74, 6) is -11.6. The molecule has 1 aliphatic rings. The SMILES string of the molecule is CC(C)(C)n1c(NC(=O)C[C@H]2CC(F)(F)C2(F)F)nc2cc(F)c(Cl)cc21. The summed E-state index contributed by atoms with van der Waals surface area (Å²) in [7, 11) is 0. The summed E-state index contributed by atoms with van der Waals surface area (Å²) in [6.07, 6.45) is -1.82. The van der Waals surface area contributed by atoms with Crippen LogP contribution in [-0.4, -0.2) is 27.3 Å². The first kappa shape index (κ1) is 19.9. The van der Waals surface area contributed by atoms with E-state index in [1.807, 2.05) is 0 Å². The van der Waals surface area contributed by atoms with Gasteiger partial charge >= 0.3 is 11.8 Å². The number of anilines is 1. The van der Waals surface area contributed by atoms with E-state index in [9.17, 15) is 26.7 Å². The topological polar surface area (TPSA) is 46.9 Å². The predicted molar refractivity (Wildman–Crippen MR) is 90.9 cm³/mol. The van der Waals surface area contributed by atoms with E-state index >= 15 is 0 Å². The number of aromatic nitrogens is 2. The number of carbonyl (C=O) groups is 1. The van der Waals surface area contributed by atoms with Crippen molar-refractivity contribution < 1.29 is 26.7 Å². The molecule has 1 aromatic carbocycles. The molecule has 27 heavy (non-hydrogen) atoms. The van der Waals surface area contributed by atoms with Gasteiger partial charge in [-0.1, -0.05) is 11.6 Å². The number of amides is 1. The Hall–Kier alpha value is -1.90. The number of imidazole rings is 1. The monoisotopic (exact) mass is 409 g/mol. The molecule has 0 saturated heterocycles. The Balaban J connectivity index is 1.90. The molecule has 0 unspecified atom stereocenters. The number of nitrogens with one attached hydrogen (secondary N) is 1. The third-order valence-electron chi connectivity index (χ3n) is 4.55. The third-order valence-corrected chi connectivity index (χ3v) is 4.84. The Bertz CT molecular complexity index is 919. The molecule has 4 nitrogen and oxygen atoms in total. The number of hydrogen-bond acceptors (Lipinski definition) is 2. The molecule has 1 aromatic heterocycles. The molecule has 148 valence electrons.